The number of hydrogen-bond donors (Lipinski definition) is 0. The fourth-order valence-corrected chi connectivity index (χ4v) is 3.16. The Bertz CT molecular complexity index is 709. The van der Waals surface area contributed by atoms with Crippen molar-refractivity contribution in [2.75, 3.05) is 63.7 Å². The second-order valence-electron chi connectivity index (χ2n) is 6.99. The van der Waals surface area contributed by atoms with Gasteiger partial charge in [-0.25, -0.2) is 4.98 Å². The summed E-state index contributed by atoms with van der Waals surface area (Å²) < 4.78 is 5.22. The van der Waals surface area contributed by atoms with Crippen LogP contribution in [0.4, 0.5) is 11.8 Å². The topological polar surface area (TPSA) is 44.7 Å². The molecule has 0 amide bonds. The van der Waals surface area contributed by atoms with Crippen molar-refractivity contribution >= 4 is 11.8 Å². The zero-order chi connectivity index (χ0) is 18.5. The highest BCUT2D eigenvalue weighted by atomic mass is 16.5. The lowest BCUT2D eigenvalue weighted by Crippen LogP contribution is -2.47. The second-order valence-corrected chi connectivity index (χ2v) is 6.99. The minimum absolute atomic E-state index is 0.850. The first-order valence-corrected chi connectivity index (χ1v) is 9.18. The Kier molecular flexibility index (Phi) is 5.93. The van der Waals surface area contributed by atoms with Gasteiger partial charge in [0.05, 0.1) is 7.11 Å². The predicted octanol–water partition coefficient (Wildman–Crippen LogP) is 2.22. The normalized spacial score (nSPS) is 15.2. The molecule has 1 aliphatic heterocycles. The quantitative estimate of drug-likeness (QED) is 0.792. The zero-order valence-electron chi connectivity index (χ0n) is 16.3. The third-order valence-corrected chi connectivity index (χ3v) is 4.82. The fraction of sp³-hybridized carbons (Fsp3) is 0.500. The van der Waals surface area contributed by atoms with Gasteiger partial charge in [0.15, 0.2) is 0 Å². The van der Waals surface area contributed by atoms with Gasteiger partial charge in [-0.3, -0.25) is 4.90 Å². The van der Waals surface area contributed by atoms with E-state index in [-0.39, 0.29) is 0 Å². The van der Waals surface area contributed by atoms with E-state index in [1.165, 1.54) is 5.56 Å². The summed E-state index contributed by atoms with van der Waals surface area (Å²) in [5, 5.41) is 0. The van der Waals surface area contributed by atoms with Crippen LogP contribution < -0.4 is 14.5 Å². The monoisotopic (exact) mass is 355 g/mol. The van der Waals surface area contributed by atoms with Gasteiger partial charge >= 0.3 is 0 Å². The van der Waals surface area contributed by atoms with Gasteiger partial charge in [-0.05, 0) is 31.0 Å². The summed E-state index contributed by atoms with van der Waals surface area (Å²) in [6.45, 7) is 7.15. The van der Waals surface area contributed by atoms with Gasteiger partial charge in [0, 0.05) is 58.6 Å². The molecule has 6 heteroatoms. The molecular weight excluding hydrogens is 326 g/mol. The largest absolute Gasteiger partial charge is 0.497 e. The Labute approximate surface area is 156 Å². The van der Waals surface area contributed by atoms with Gasteiger partial charge in [0.25, 0.3) is 0 Å². The highest BCUT2D eigenvalue weighted by Crippen LogP contribution is 2.18. The van der Waals surface area contributed by atoms with Crippen LogP contribution in [0.2, 0.25) is 0 Å². The van der Waals surface area contributed by atoms with Crippen molar-refractivity contribution < 1.29 is 4.74 Å². The summed E-state index contributed by atoms with van der Waals surface area (Å²) in [5.41, 5.74) is 2.37. The molecule has 2 heterocycles. The van der Waals surface area contributed by atoms with Crippen molar-refractivity contribution in [3.05, 3.63) is 41.6 Å². The lowest BCUT2D eigenvalue weighted by molar-refractivity contribution is 0.259. The van der Waals surface area contributed by atoms with Crippen LogP contribution in [-0.2, 0) is 6.42 Å². The molecule has 0 unspecified atom stereocenters. The number of piperazine rings is 1. The summed E-state index contributed by atoms with van der Waals surface area (Å²) in [7, 11) is 5.74. The Hall–Kier alpha value is -2.34. The highest BCUT2D eigenvalue weighted by Gasteiger charge is 2.19. The molecule has 0 N–H and O–H groups in total. The SMILES string of the molecule is COc1ccc(CCN2CCN(c3nc(C)cc(N(C)C)n3)CC2)cc1. The van der Waals surface area contributed by atoms with Crippen molar-refractivity contribution in [2.45, 2.75) is 13.3 Å². The molecule has 1 saturated heterocycles. The molecule has 26 heavy (non-hydrogen) atoms. The molecule has 0 radical (unpaired) electrons. The summed E-state index contributed by atoms with van der Waals surface area (Å²) in [6, 6.07) is 10.4. The molecule has 2 aromatic rings. The molecule has 0 saturated carbocycles. The number of nitrogens with zero attached hydrogens (tertiary/aromatic N) is 5. The second kappa shape index (κ2) is 8.36. The molecule has 0 bridgehead atoms. The van der Waals surface area contributed by atoms with Gasteiger partial charge in [0.1, 0.15) is 11.6 Å². The van der Waals surface area contributed by atoms with Crippen LogP contribution in [0.25, 0.3) is 0 Å². The summed E-state index contributed by atoms with van der Waals surface area (Å²) >= 11 is 0. The molecule has 6 nitrogen and oxygen atoms in total. The van der Waals surface area contributed by atoms with Gasteiger partial charge in [-0.1, -0.05) is 12.1 Å². The Morgan fingerprint density at radius 2 is 1.73 bits per heavy atom. The molecule has 1 aromatic heterocycles. The van der Waals surface area contributed by atoms with E-state index in [0.717, 1.165) is 62.4 Å². The van der Waals surface area contributed by atoms with E-state index < -0.39 is 0 Å². The first-order valence-electron chi connectivity index (χ1n) is 9.18. The Balaban J connectivity index is 1.52. The number of hydrogen-bond acceptors (Lipinski definition) is 6. The van der Waals surface area contributed by atoms with Crippen molar-refractivity contribution in [3.63, 3.8) is 0 Å². The summed E-state index contributed by atoms with van der Waals surface area (Å²) in [4.78, 5) is 16.2. The van der Waals surface area contributed by atoms with Gasteiger partial charge in [0.2, 0.25) is 5.95 Å². The molecule has 1 aliphatic rings. The van der Waals surface area contributed by atoms with Crippen LogP contribution >= 0.6 is 0 Å². The van der Waals surface area contributed by atoms with Crippen LogP contribution in [-0.4, -0.2) is 68.8 Å². The first kappa shape index (κ1) is 18.5. The Morgan fingerprint density at radius 1 is 1.04 bits per heavy atom. The molecule has 3 rings (SSSR count). The third-order valence-electron chi connectivity index (χ3n) is 4.82. The average molecular weight is 355 g/mol. The maximum Gasteiger partial charge on any atom is 0.227 e. The maximum atomic E-state index is 5.22. The smallest absolute Gasteiger partial charge is 0.227 e. The molecule has 1 aromatic carbocycles. The third kappa shape index (κ3) is 4.64. The van der Waals surface area contributed by atoms with Crippen molar-refractivity contribution in [3.8, 4) is 5.75 Å². The van der Waals surface area contributed by atoms with E-state index in [1.54, 1.807) is 7.11 Å². The number of aryl methyl sites for hydroxylation is 1. The van der Waals surface area contributed by atoms with Gasteiger partial charge in [-0.2, -0.15) is 4.98 Å². The number of rotatable bonds is 6. The first-order chi connectivity index (χ1) is 12.5. The summed E-state index contributed by atoms with van der Waals surface area (Å²) in [5.74, 6) is 2.73. The van der Waals surface area contributed by atoms with Crippen LogP contribution in [0.1, 0.15) is 11.3 Å². The molecule has 0 aliphatic carbocycles. The number of ether oxygens (including phenoxy) is 1. The number of anilines is 2. The molecule has 0 spiro atoms. The minimum atomic E-state index is 0.850. The van der Waals surface area contributed by atoms with Crippen LogP contribution in [0.15, 0.2) is 30.3 Å². The van der Waals surface area contributed by atoms with Gasteiger partial charge < -0.3 is 14.5 Å². The van der Waals surface area contributed by atoms with Crippen LogP contribution in [0.5, 0.6) is 5.75 Å². The Morgan fingerprint density at radius 3 is 2.35 bits per heavy atom. The summed E-state index contributed by atoms with van der Waals surface area (Å²) in [6.07, 6.45) is 1.07. The van der Waals surface area contributed by atoms with E-state index in [1.807, 2.05) is 44.1 Å². The molecular formula is C20H29N5O. The van der Waals surface area contributed by atoms with E-state index in [2.05, 4.69) is 26.9 Å². The zero-order valence-corrected chi connectivity index (χ0v) is 16.3. The van der Waals surface area contributed by atoms with Crippen molar-refractivity contribution in [2.24, 2.45) is 0 Å². The highest BCUT2D eigenvalue weighted by molar-refractivity contribution is 5.45. The van der Waals surface area contributed by atoms with E-state index >= 15 is 0 Å². The van der Waals surface area contributed by atoms with Crippen LogP contribution in [0, 0.1) is 6.92 Å². The average Bonchev–Trinajstić information content (AvgIpc) is 2.66. The number of aromatic nitrogens is 2. The number of benzene rings is 1. The minimum Gasteiger partial charge on any atom is -0.497 e. The standard InChI is InChI=1S/C20H29N5O/c1-16-15-19(23(2)3)22-20(21-16)25-13-11-24(12-14-25)10-9-17-5-7-18(26-4)8-6-17/h5-8,15H,9-14H2,1-4H3. The van der Waals surface area contributed by atoms with E-state index in [0.29, 0.717) is 0 Å². The molecule has 1 fully saturated rings. The van der Waals surface area contributed by atoms with Crippen LogP contribution in [0.3, 0.4) is 0 Å². The van der Waals surface area contributed by atoms with Crippen molar-refractivity contribution in [1.29, 1.82) is 0 Å². The van der Waals surface area contributed by atoms with E-state index in [4.69, 9.17) is 9.72 Å². The lowest BCUT2D eigenvalue weighted by atomic mass is 10.1. The fourth-order valence-electron chi connectivity index (χ4n) is 3.16. The maximum absolute atomic E-state index is 5.22. The van der Waals surface area contributed by atoms with Crippen molar-refractivity contribution in [1.82, 2.24) is 14.9 Å². The molecule has 0 atom stereocenters. The predicted molar refractivity (Wildman–Crippen MR) is 106 cm³/mol. The lowest BCUT2D eigenvalue weighted by Gasteiger charge is -2.35. The molecule has 140 valence electrons. The number of methoxy groups -OCH3 is 1. The van der Waals surface area contributed by atoms with Gasteiger partial charge in [-0.15, -0.1) is 0 Å². The van der Waals surface area contributed by atoms with E-state index in [9.17, 15) is 0 Å².